The number of pyridine rings is 1. The molecular weight excluding hydrogens is 286 g/mol. The van der Waals surface area contributed by atoms with E-state index in [4.69, 9.17) is 0 Å². The van der Waals surface area contributed by atoms with Crippen LogP contribution in [0.2, 0.25) is 0 Å². The van der Waals surface area contributed by atoms with Gasteiger partial charge in [-0.1, -0.05) is 18.9 Å². The summed E-state index contributed by atoms with van der Waals surface area (Å²) in [4.78, 5) is 4.13. The zero-order chi connectivity index (χ0) is 14.7. The molecule has 1 unspecified atom stereocenters. The fourth-order valence-corrected chi connectivity index (χ4v) is 5.52. The van der Waals surface area contributed by atoms with Gasteiger partial charge in [-0.3, -0.25) is 4.98 Å². The van der Waals surface area contributed by atoms with Gasteiger partial charge in [0.1, 0.15) is 0 Å². The Morgan fingerprint density at radius 1 is 1.33 bits per heavy atom. The maximum Gasteiger partial charge on any atom is 0.215 e. The maximum atomic E-state index is 12.8. The monoisotopic (exact) mass is 309 g/mol. The Labute approximate surface area is 126 Å². The summed E-state index contributed by atoms with van der Waals surface area (Å²) in [6, 6.07) is 3.70. The lowest BCUT2D eigenvalue weighted by atomic mass is 10.1. The molecular formula is C15H23N3O2S. The second kappa shape index (κ2) is 6.42. The molecule has 6 heteroatoms. The number of piperazine rings is 1. The van der Waals surface area contributed by atoms with Crippen LogP contribution in [-0.2, 0) is 10.0 Å². The van der Waals surface area contributed by atoms with E-state index >= 15 is 0 Å². The van der Waals surface area contributed by atoms with Gasteiger partial charge >= 0.3 is 0 Å². The highest BCUT2D eigenvalue weighted by Crippen LogP contribution is 2.30. The molecule has 1 aliphatic heterocycles. The van der Waals surface area contributed by atoms with Crippen LogP contribution in [0.25, 0.3) is 0 Å². The van der Waals surface area contributed by atoms with E-state index in [0.29, 0.717) is 24.8 Å². The highest BCUT2D eigenvalue weighted by molar-refractivity contribution is 7.89. The molecule has 0 spiro atoms. The van der Waals surface area contributed by atoms with E-state index < -0.39 is 10.0 Å². The van der Waals surface area contributed by atoms with Crippen LogP contribution in [0.1, 0.15) is 37.3 Å². The van der Waals surface area contributed by atoms with E-state index in [1.165, 1.54) is 12.8 Å². The molecule has 1 N–H and O–H groups in total. The van der Waals surface area contributed by atoms with E-state index in [-0.39, 0.29) is 6.04 Å². The Morgan fingerprint density at radius 3 is 2.86 bits per heavy atom. The second-order valence-corrected chi connectivity index (χ2v) is 8.01. The average molecular weight is 309 g/mol. The Balaban J connectivity index is 1.80. The largest absolute Gasteiger partial charge is 0.313 e. The minimum atomic E-state index is -3.20. The first kappa shape index (κ1) is 14.9. The van der Waals surface area contributed by atoms with Crippen molar-refractivity contribution in [2.45, 2.75) is 31.7 Å². The third-order valence-electron chi connectivity index (χ3n) is 4.54. The molecule has 2 heterocycles. The fourth-order valence-electron chi connectivity index (χ4n) is 3.45. The van der Waals surface area contributed by atoms with E-state index in [9.17, 15) is 8.42 Å². The van der Waals surface area contributed by atoms with Crippen molar-refractivity contribution in [3.63, 3.8) is 0 Å². The van der Waals surface area contributed by atoms with Crippen LogP contribution in [0.4, 0.5) is 0 Å². The predicted octanol–water partition coefficient (Wildman–Crippen LogP) is 1.55. The fraction of sp³-hybridized carbons (Fsp3) is 0.667. The van der Waals surface area contributed by atoms with Crippen LogP contribution in [0.3, 0.4) is 0 Å². The summed E-state index contributed by atoms with van der Waals surface area (Å²) in [5.41, 5.74) is 0.972. The molecule has 1 atom stereocenters. The number of rotatable bonds is 4. The van der Waals surface area contributed by atoms with Crippen molar-refractivity contribution in [3.8, 4) is 0 Å². The van der Waals surface area contributed by atoms with Gasteiger partial charge in [-0.2, -0.15) is 4.31 Å². The smallest absolute Gasteiger partial charge is 0.215 e. The summed E-state index contributed by atoms with van der Waals surface area (Å²) in [7, 11) is -3.20. The molecule has 1 aromatic heterocycles. The number of hydrogen-bond donors (Lipinski definition) is 1. The molecule has 0 radical (unpaired) electrons. The van der Waals surface area contributed by atoms with Crippen LogP contribution in [-0.4, -0.2) is 43.1 Å². The highest BCUT2D eigenvalue weighted by Gasteiger charge is 2.35. The van der Waals surface area contributed by atoms with Crippen LogP contribution in [0.5, 0.6) is 0 Å². The molecule has 2 fully saturated rings. The van der Waals surface area contributed by atoms with Gasteiger partial charge in [0.25, 0.3) is 0 Å². The molecule has 1 aliphatic carbocycles. The maximum absolute atomic E-state index is 12.8. The van der Waals surface area contributed by atoms with Gasteiger partial charge < -0.3 is 5.32 Å². The van der Waals surface area contributed by atoms with Crippen molar-refractivity contribution in [3.05, 3.63) is 30.1 Å². The lowest BCUT2D eigenvalue weighted by molar-refractivity contribution is 0.269. The van der Waals surface area contributed by atoms with Crippen LogP contribution in [0, 0.1) is 5.92 Å². The Hall–Kier alpha value is -0.980. The molecule has 5 nitrogen and oxygen atoms in total. The molecule has 21 heavy (non-hydrogen) atoms. The van der Waals surface area contributed by atoms with E-state index in [2.05, 4.69) is 10.3 Å². The second-order valence-electron chi connectivity index (χ2n) is 6.05. The lowest BCUT2D eigenvalue weighted by Crippen LogP contribution is -2.49. The molecule has 1 aromatic rings. The minimum Gasteiger partial charge on any atom is -0.313 e. The number of sulfonamides is 1. The minimum absolute atomic E-state index is 0.126. The predicted molar refractivity (Wildman–Crippen MR) is 82.3 cm³/mol. The normalized spacial score (nSPS) is 25.2. The number of aromatic nitrogens is 1. The molecule has 3 rings (SSSR count). The standard InChI is InChI=1S/C15H23N3O2S/c19-21(20,12-13-4-1-2-5-13)18-9-8-17-11-15(18)14-6-3-7-16-10-14/h3,6-7,10,13,15,17H,1-2,4-5,8-9,11-12H2. The van der Waals surface area contributed by atoms with Crippen molar-refractivity contribution < 1.29 is 8.42 Å². The zero-order valence-corrected chi connectivity index (χ0v) is 13.1. The Bertz CT molecular complexity index is 556. The van der Waals surface area contributed by atoms with E-state index in [1.54, 1.807) is 16.7 Å². The Kier molecular flexibility index (Phi) is 4.57. The summed E-state index contributed by atoms with van der Waals surface area (Å²) in [5.74, 6) is 0.656. The number of nitrogens with one attached hydrogen (secondary N) is 1. The third-order valence-corrected chi connectivity index (χ3v) is 6.59. The molecule has 2 aliphatic rings. The van der Waals surface area contributed by atoms with E-state index in [0.717, 1.165) is 24.9 Å². The summed E-state index contributed by atoms with van der Waals surface area (Å²) in [5, 5.41) is 3.30. The van der Waals surface area contributed by atoms with Gasteiger partial charge in [0.05, 0.1) is 11.8 Å². The number of nitrogens with zero attached hydrogens (tertiary/aromatic N) is 2. The summed E-state index contributed by atoms with van der Waals surface area (Å²) < 4.78 is 27.3. The first-order valence-corrected chi connectivity index (χ1v) is 9.38. The van der Waals surface area contributed by atoms with Crippen molar-refractivity contribution in [1.82, 2.24) is 14.6 Å². The number of hydrogen-bond acceptors (Lipinski definition) is 4. The highest BCUT2D eigenvalue weighted by atomic mass is 32.2. The SMILES string of the molecule is O=S(=O)(CC1CCCC1)N1CCNCC1c1cccnc1. The van der Waals surface area contributed by atoms with Crippen LogP contribution < -0.4 is 5.32 Å². The van der Waals surface area contributed by atoms with Gasteiger partial charge in [0, 0.05) is 32.0 Å². The summed E-state index contributed by atoms with van der Waals surface area (Å²) in [6.07, 6.45) is 7.96. The van der Waals surface area contributed by atoms with Gasteiger partial charge in [-0.05, 0) is 30.4 Å². The van der Waals surface area contributed by atoms with Crippen LogP contribution in [0.15, 0.2) is 24.5 Å². The Morgan fingerprint density at radius 2 is 2.14 bits per heavy atom. The van der Waals surface area contributed by atoms with Gasteiger partial charge in [0.15, 0.2) is 0 Å². The zero-order valence-electron chi connectivity index (χ0n) is 12.2. The quantitative estimate of drug-likeness (QED) is 0.916. The van der Waals surface area contributed by atoms with E-state index in [1.807, 2.05) is 12.1 Å². The molecule has 1 saturated carbocycles. The van der Waals surface area contributed by atoms with Gasteiger partial charge in [-0.25, -0.2) is 8.42 Å². The van der Waals surface area contributed by atoms with Crippen molar-refractivity contribution in [2.75, 3.05) is 25.4 Å². The topological polar surface area (TPSA) is 62.3 Å². The third kappa shape index (κ3) is 3.44. The van der Waals surface area contributed by atoms with Crippen molar-refractivity contribution in [1.29, 1.82) is 0 Å². The first-order valence-electron chi connectivity index (χ1n) is 7.77. The first-order chi connectivity index (χ1) is 10.2. The molecule has 1 saturated heterocycles. The van der Waals surface area contributed by atoms with Gasteiger partial charge in [0.2, 0.25) is 10.0 Å². The van der Waals surface area contributed by atoms with Gasteiger partial charge in [-0.15, -0.1) is 0 Å². The average Bonchev–Trinajstić information content (AvgIpc) is 3.00. The molecule has 0 aromatic carbocycles. The van der Waals surface area contributed by atoms with Crippen LogP contribution >= 0.6 is 0 Å². The molecule has 116 valence electrons. The molecule has 0 amide bonds. The lowest BCUT2D eigenvalue weighted by Gasteiger charge is -2.35. The summed E-state index contributed by atoms with van der Waals surface area (Å²) in [6.45, 7) is 1.94. The molecule has 0 bridgehead atoms. The summed E-state index contributed by atoms with van der Waals surface area (Å²) >= 11 is 0. The van der Waals surface area contributed by atoms with Crippen molar-refractivity contribution in [2.24, 2.45) is 5.92 Å². The van der Waals surface area contributed by atoms with Crippen molar-refractivity contribution >= 4 is 10.0 Å².